The largest absolute Gasteiger partial charge is 0.326 e. The van der Waals surface area contributed by atoms with Crippen LogP contribution in [0.1, 0.15) is 32.2 Å². The van der Waals surface area contributed by atoms with Crippen LogP contribution in [0.25, 0.3) is 0 Å². The molecule has 0 bridgehead atoms. The fourth-order valence-electron chi connectivity index (χ4n) is 2.74. The molecule has 0 radical (unpaired) electrons. The predicted molar refractivity (Wildman–Crippen MR) is 94.9 cm³/mol. The van der Waals surface area contributed by atoms with Gasteiger partial charge in [-0.05, 0) is 49.9 Å². The van der Waals surface area contributed by atoms with Crippen molar-refractivity contribution >= 4 is 23.2 Å². The van der Waals surface area contributed by atoms with Crippen molar-refractivity contribution in [3.63, 3.8) is 0 Å². The van der Waals surface area contributed by atoms with Crippen molar-refractivity contribution in [2.45, 2.75) is 32.2 Å². The van der Waals surface area contributed by atoms with E-state index in [0.717, 1.165) is 12.8 Å². The minimum atomic E-state index is -0.457. The molecular formula is C18H21N5O2. The molecule has 0 unspecified atom stereocenters. The molecule has 2 atom stereocenters. The van der Waals surface area contributed by atoms with E-state index in [2.05, 4.69) is 32.9 Å². The highest BCUT2D eigenvalue weighted by Crippen LogP contribution is 2.21. The van der Waals surface area contributed by atoms with Crippen LogP contribution in [0.3, 0.4) is 0 Å². The SMILES string of the molecule is C[C@@H](C(=O)Nc1ccc(NC(=O)C[C@@H]2C=CCC2)cc1)n1cncn1. The first kappa shape index (κ1) is 16.9. The summed E-state index contributed by atoms with van der Waals surface area (Å²) in [5.74, 6) is 0.167. The average Bonchev–Trinajstić information content (AvgIpc) is 3.29. The Morgan fingerprint density at radius 2 is 1.96 bits per heavy atom. The summed E-state index contributed by atoms with van der Waals surface area (Å²) in [4.78, 5) is 28.0. The third-order valence-corrected chi connectivity index (χ3v) is 4.21. The zero-order valence-corrected chi connectivity index (χ0v) is 14.1. The van der Waals surface area contributed by atoms with E-state index in [1.54, 1.807) is 31.2 Å². The summed E-state index contributed by atoms with van der Waals surface area (Å²) >= 11 is 0. The van der Waals surface area contributed by atoms with E-state index < -0.39 is 6.04 Å². The lowest BCUT2D eigenvalue weighted by Gasteiger charge is -2.13. The second kappa shape index (κ2) is 7.74. The first-order chi connectivity index (χ1) is 12.1. The van der Waals surface area contributed by atoms with Crippen molar-refractivity contribution < 1.29 is 9.59 Å². The van der Waals surface area contributed by atoms with Gasteiger partial charge in [-0.3, -0.25) is 9.59 Å². The van der Waals surface area contributed by atoms with Crippen molar-refractivity contribution in [3.8, 4) is 0 Å². The van der Waals surface area contributed by atoms with Crippen molar-refractivity contribution in [3.05, 3.63) is 49.1 Å². The van der Waals surface area contributed by atoms with E-state index in [0.29, 0.717) is 23.7 Å². The normalized spacial score (nSPS) is 17.2. The number of carbonyl (C=O) groups excluding carboxylic acids is 2. The van der Waals surface area contributed by atoms with Crippen LogP contribution < -0.4 is 10.6 Å². The number of allylic oxidation sites excluding steroid dienone is 2. The zero-order chi connectivity index (χ0) is 17.6. The molecule has 2 amide bonds. The molecule has 3 rings (SSSR count). The third-order valence-electron chi connectivity index (χ3n) is 4.21. The van der Waals surface area contributed by atoms with Gasteiger partial charge < -0.3 is 10.6 Å². The molecule has 25 heavy (non-hydrogen) atoms. The molecule has 7 nitrogen and oxygen atoms in total. The molecule has 0 spiro atoms. The van der Waals surface area contributed by atoms with Gasteiger partial charge in [0.15, 0.2) is 0 Å². The maximum absolute atomic E-state index is 12.2. The lowest BCUT2D eigenvalue weighted by molar-refractivity contribution is -0.119. The van der Waals surface area contributed by atoms with E-state index in [1.165, 1.54) is 17.3 Å². The van der Waals surface area contributed by atoms with Gasteiger partial charge in [-0.15, -0.1) is 0 Å². The lowest BCUT2D eigenvalue weighted by Crippen LogP contribution is -2.24. The number of carbonyl (C=O) groups is 2. The van der Waals surface area contributed by atoms with Crippen LogP contribution in [0.15, 0.2) is 49.1 Å². The second-order valence-electron chi connectivity index (χ2n) is 6.14. The molecule has 0 saturated heterocycles. The molecule has 1 aromatic carbocycles. The number of aromatic nitrogens is 3. The number of hydrogen-bond donors (Lipinski definition) is 2. The Labute approximate surface area is 146 Å². The van der Waals surface area contributed by atoms with Crippen LogP contribution in [0.2, 0.25) is 0 Å². The van der Waals surface area contributed by atoms with Gasteiger partial charge in [-0.2, -0.15) is 5.10 Å². The number of amides is 2. The molecule has 1 heterocycles. The molecule has 1 aliphatic carbocycles. The highest BCUT2D eigenvalue weighted by molar-refractivity contribution is 5.94. The topological polar surface area (TPSA) is 88.9 Å². The van der Waals surface area contributed by atoms with Gasteiger partial charge in [0.25, 0.3) is 0 Å². The molecule has 1 aliphatic rings. The summed E-state index contributed by atoms with van der Waals surface area (Å²) in [5.41, 5.74) is 1.38. The quantitative estimate of drug-likeness (QED) is 0.792. The molecule has 130 valence electrons. The molecule has 7 heteroatoms. The summed E-state index contributed by atoms with van der Waals surface area (Å²) in [6.07, 6.45) is 9.72. The number of benzene rings is 1. The first-order valence-corrected chi connectivity index (χ1v) is 8.33. The number of rotatable bonds is 6. The van der Waals surface area contributed by atoms with Gasteiger partial charge >= 0.3 is 0 Å². The van der Waals surface area contributed by atoms with E-state index in [-0.39, 0.29) is 11.8 Å². The van der Waals surface area contributed by atoms with Gasteiger partial charge in [-0.1, -0.05) is 12.2 Å². The highest BCUT2D eigenvalue weighted by atomic mass is 16.2. The molecule has 2 N–H and O–H groups in total. The Bertz CT molecular complexity index is 752. The highest BCUT2D eigenvalue weighted by Gasteiger charge is 2.16. The Morgan fingerprint density at radius 3 is 2.56 bits per heavy atom. The van der Waals surface area contributed by atoms with Crippen molar-refractivity contribution in [2.75, 3.05) is 10.6 Å². The second-order valence-corrected chi connectivity index (χ2v) is 6.14. The third kappa shape index (κ3) is 4.53. The zero-order valence-electron chi connectivity index (χ0n) is 14.1. The van der Waals surface area contributed by atoms with Crippen LogP contribution in [-0.4, -0.2) is 26.6 Å². The van der Waals surface area contributed by atoms with Crippen LogP contribution in [0, 0.1) is 5.92 Å². The summed E-state index contributed by atoms with van der Waals surface area (Å²) in [6.45, 7) is 1.75. The molecule has 2 aromatic rings. The van der Waals surface area contributed by atoms with Gasteiger partial charge in [0.2, 0.25) is 11.8 Å². The Kier molecular flexibility index (Phi) is 5.23. The van der Waals surface area contributed by atoms with Gasteiger partial charge in [0, 0.05) is 17.8 Å². The van der Waals surface area contributed by atoms with E-state index in [1.807, 2.05) is 0 Å². The van der Waals surface area contributed by atoms with Gasteiger partial charge in [-0.25, -0.2) is 9.67 Å². The minimum absolute atomic E-state index is 0.00754. The summed E-state index contributed by atoms with van der Waals surface area (Å²) in [6, 6.07) is 6.62. The van der Waals surface area contributed by atoms with Crippen LogP contribution in [0.5, 0.6) is 0 Å². The van der Waals surface area contributed by atoms with Crippen LogP contribution in [-0.2, 0) is 9.59 Å². The Hall–Kier alpha value is -2.96. The molecular weight excluding hydrogens is 318 g/mol. The smallest absolute Gasteiger partial charge is 0.249 e. The number of nitrogens with zero attached hydrogens (tertiary/aromatic N) is 3. The summed E-state index contributed by atoms with van der Waals surface area (Å²) < 4.78 is 1.49. The van der Waals surface area contributed by atoms with Gasteiger partial charge in [0.1, 0.15) is 18.7 Å². The van der Waals surface area contributed by atoms with Crippen molar-refractivity contribution in [2.24, 2.45) is 5.92 Å². The average molecular weight is 339 g/mol. The Morgan fingerprint density at radius 1 is 1.24 bits per heavy atom. The van der Waals surface area contributed by atoms with E-state index in [9.17, 15) is 9.59 Å². The maximum Gasteiger partial charge on any atom is 0.249 e. The fraction of sp³-hybridized carbons (Fsp3) is 0.333. The molecule has 0 fully saturated rings. The minimum Gasteiger partial charge on any atom is -0.326 e. The van der Waals surface area contributed by atoms with E-state index >= 15 is 0 Å². The van der Waals surface area contributed by atoms with Gasteiger partial charge in [0.05, 0.1) is 0 Å². The predicted octanol–water partition coefficient (Wildman–Crippen LogP) is 2.77. The lowest BCUT2D eigenvalue weighted by atomic mass is 10.1. The van der Waals surface area contributed by atoms with Crippen LogP contribution >= 0.6 is 0 Å². The maximum atomic E-state index is 12.2. The number of nitrogens with one attached hydrogen (secondary N) is 2. The Balaban J connectivity index is 1.52. The molecule has 1 aromatic heterocycles. The van der Waals surface area contributed by atoms with Crippen molar-refractivity contribution in [1.82, 2.24) is 14.8 Å². The van der Waals surface area contributed by atoms with Crippen LogP contribution in [0.4, 0.5) is 11.4 Å². The molecule has 0 aliphatic heterocycles. The van der Waals surface area contributed by atoms with E-state index in [4.69, 9.17) is 0 Å². The number of anilines is 2. The summed E-state index contributed by atoms with van der Waals surface area (Å²) in [5, 5.41) is 9.67. The summed E-state index contributed by atoms with van der Waals surface area (Å²) in [7, 11) is 0. The fourth-order valence-corrected chi connectivity index (χ4v) is 2.74. The standard InChI is InChI=1S/C18H21N5O2/c1-13(23-12-19-11-20-23)18(25)22-16-8-6-15(7-9-16)21-17(24)10-14-4-2-3-5-14/h2,4,6-9,11-14H,3,5,10H2,1H3,(H,21,24)(H,22,25)/t13-,14+/m0/s1. The molecule has 0 saturated carbocycles. The first-order valence-electron chi connectivity index (χ1n) is 8.33. The number of hydrogen-bond acceptors (Lipinski definition) is 4. The monoisotopic (exact) mass is 339 g/mol. The van der Waals surface area contributed by atoms with Crippen molar-refractivity contribution in [1.29, 1.82) is 0 Å².